The molecule has 1 saturated carbocycles. The van der Waals surface area contributed by atoms with Crippen LogP contribution in [0.2, 0.25) is 0 Å². The Bertz CT molecular complexity index is 489. The quantitative estimate of drug-likeness (QED) is 0.906. The monoisotopic (exact) mass is 322 g/mol. The Morgan fingerprint density at radius 2 is 1.90 bits per heavy atom. The molecule has 2 rings (SSSR count). The Morgan fingerprint density at radius 3 is 2.43 bits per heavy atom. The van der Waals surface area contributed by atoms with E-state index in [1.807, 2.05) is 0 Å². The molecular formula is C14H18ClF3N2O. The number of amides is 1. The topological polar surface area (TPSA) is 46.3 Å². The van der Waals surface area contributed by atoms with Gasteiger partial charge in [0.1, 0.15) is 0 Å². The van der Waals surface area contributed by atoms with Gasteiger partial charge in [0.05, 0.1) is 5.56 Å². The van der Waals surface area contributed by atoms with E-state index >= 15 is 0 Å². The fraction of sp³-hybridized carbons (Fsp3) is 0.500. The molecule has 2 N–H and O–H groups in total. The summed E-state index contributed by atoms with van der Waals surface area (Å²) in [6.45, 7) is 0.210. The van der Waals surface area contributed by atoms with E-state index in [2.05, 4.69) is 0 Å². The highest BCUT2D eigenvalue weighted by atomic mass is 35.5. The molecule has 0 saturated heterocycles. The molecule has 0 heterocycles. The molecule has 1 amide bonds. The van der Waals surface area contributed by atoms with Crippen LogP contribution < -0.4 is 5.73 Å². The minimum Gasteiger partial charge on any atom is -0.335 e. The summed E-state index contributed by atoms with van der Waals surface area (Å²) in [5, 5.41) is 0. The molecule has 21 heavy (non-hydrogen) atoms. The van der Waals surface area contributed by atoms with E-state index in [1.54, 1.807) is 6.07 Å². The van der Waals surface area contributed by atoms with Gasteiger partial charge in [-0.1, -0.05) is 18.2 Å². The van der Waals surface area contributed by atoms with Crippen molar-refractivity contribution >= 4 is 18.3 Å². The summed E-state index contributed by atoms with van der Waals surface area (Å²) in [5.74, 6) is -0.174. The van der Waals surface area contributed by atoms with Crippen molar-refractivity contribution in [3.63, 3.8) is 0 Å². The lowest BCUT2D eigenvalue weighted by atomic mass is 10.1. The lowest BCUT2D eigenvalue weighted by Gasteiger charge is -2.24. The van der Waals surface area contributed by atoms with Crippen molar-refractivity contribution in [3.05, 3.63) is 35.4 Å². The Labute approximate surface area is 127 Å². The SMILES string of the molecule is Cl.NCCC(=O)N(Cc1ccccc1C(F)(F)F)C1CC1. The van der Waals surface area contributed by atoms with E-state index in [0.29, 0.717) is 0 Å². The molecule has 1 aliphatic carbocycles. The number of alkyl halides is 3. The number of nitrogens with zero attached hydrogens (tertiary/aromatic N) is 1. The molecule has 0 bridgehead atoms. The molecule has 3 nitrogen and oxygen atoms in total. The fourth-order valence-corrected chi connectivity index (χ4v) is 2.19. The molecule has 1 fully saturated rings. The van der Waals surface area contributed by atoms with Crippen LogP contribution >= 0.6 is 12.4 Å². The number of hydrogen-bond donors (Lipinski definition) is 1. The lowest BCUT2D eigenvalue weighted by molar-refractivity contribution is -0.140. The van der Waals surface area contributed by atoms with Crippen molar-refractivity contribution in [1.82, 2.24) is 4.90 Å². The minimum atomic E-state index is -4.40. The number of carbonyl (C=O) groups is 1. The summed E-state index contributed by atoms with van der Waals surface area (Å²) < 4.78 is 38.8. The molecule has 0 unspecified atom stereocenters. The van der Waals surface area contributed by atoms with E-state index in [4.69, 9.17) is 5.73 Å². The molecule has 118 valence electrons. The average Bonchev–Trinajstić information content (AvgIpc) is 3.19. The summed E-state index contributed by atoms with van der Waals surface area (Å²) in [4.78, 5) is 13.5. The molecule has 0 radical (unpaired) electrons. The van der Waals surface area contributed by atoms with E-state index in [1.165, 1.54) is 17.0 Å². The molecule has 0 aromatic heterocycles. The first kappa shape index (κ1) is 17.8. The van der Waals surface area contributed by atoms with Crippen molar-refractivity contribution in [1.29, 1.82) is 0 Å². The number of nitrogens with two attached hydrogens (primary N) is 1. The smallest absolute Gasteiger partial charge is 0.335 e. The maximum atomic E-state index is 12.9. The molecule has 0 atom stereocenters. The van der Waals surface area contributed by atoms with Gasteiger partial charge in [0.2, 0.25) is 5.91 Å². The van der Waals surface area contributed by atoms with Crippen LogP contribution in [0.3, 0.4) is 0 Å². The lowest BCUT2D eigenvalue weighted by Crippen LogP contribution is -2.34. The number of halogens is 4. The third-order valence-corrected chi connectivity index (χ3v) is 3.33. The van der Waals surface area contributed by atoms with Gasteiger partial charge in [0.25, 0.3) is 0 Å². The molecular weight excluding hydrogens is 305 g/mol. The highest BCUT2D eigenvalue weighted by Crippen LogP contribution is 2.34. The third kappa shape index (κ3) is 4.61. The third-order valence-electron chi connectivity index (χ3n) is 3.33. The summed E-state index contributed by atoms with van der Waals surface area (Å²) in [7, 11) is 0. The predicted molar refractivity (Wildman–Crippen MR) is 75.9 cm³/mol. The summed E-state index contributed by atoms with van der Waals surface area (Å²) in [5.41, 5.74) is 4.81. The first-order chi connectivity index (χ1) is 9.43. The standard InChI is InChI=1S/C14H17F3N2O.ClH/c15-14(16,17)12-4-2-1-3-10(12)9-19(11-5-6-11)13(20)7-8-18;/h1-4,11H,5-9,18H2;1H. The van der Waals surface area contributed by atoms with E-state index < -0.39 is 11.7 Å². The summed E-state index contributed by atoms with van der Waals surface area (Å²) in [6.07, 6.45) is -2.53. The maximum Gasteiger partial charge on any atom is 0.416 e. The van der Waals surface area contributed by atoms with Crippen LogP contribution in [0.1, 0.15) is 30.4 Å². The minimum absolute atomic E-state index is 0. The Hall–Kier alpha value is -1.27. The van der Waals surface area contributed by atoms with E-state index in [9.17, 15) is 18.0 Å². The van der Waals surface area contributed by atoms with Crippen molar-refractivity contribution in [2.75, 3.05) is 6.54 Å². The molecule has 1 aromatic rings. The van der Waals surface area contributed by atoms with Crippen LogP contribution in [0.15, 0.2) is 24.3 Å². The maximum absolute atomic E-state index is 12.9. The summed E-state index contributed by atoms with van der Waals surface area (Å²) in [6, 6.07) is 5.45. The van der Waals surface area contributed by atoms with Crippen LogP contribution in [0.4, 0.5) is 13.2 Å². The van der Waals surface area contributed by atoms with E-state index in [-0.39, 0.29) is 49.4 Å². The van der Waals surface area contributed by atoms with Gasteiger partial charge >= 0.3 is 6.18 Å². The number of hydrogen-bond acceptors (Lipinski definition) is 2. The molecule has 0 spiro atoms. The molecule has 1 aromatic carbocycles. The van der Waals surface area contributed by atoms with Gasteiger partial charge in [-0.05, 0) is 24.5 Å². The normalized spacial score (nSPS) is 14.5. The molecule has 7 heteroatoms. The second-order valence-corrected chi connectivity index (χ2v) is 4.95. The number of benzene rings is 1. The average molecular weight is 323 g/mol. The van der Waals surface area contributed by atoms with Gasteiger partial charge in [-0.3, -0.25) is 4.79 Å². The number of carbonyl (C=O) groups excluding carboxylic acids is 1. The zero-order valence-electron chi connectivity index (χ0n) is 11.4. The van der Waals surface area contributed by atoms with Crippen LogP contribution in [-0.4, -0.2) is 23.4 Å². The van der Waals surface area contributed by atoms with Crippen LogP contribution in [0.25, 0.3) is 0 Å². The van der Waals surface area contributed by atoms with Crippen molar-refractivity contribution in [2.45, 2.75) is 38.0 Å². The van der Waals surface area contributed by atoms with Crippen molar-refractivity contribution in [3.8, 4) is 0 Å². The second-order valence-electron chi connectivity index (χ2n) is 4.95. The molecule has 1 aliphatic rings. The van der Waals surface area contributed by atoms with Gasteiger partial charge in [-0.2, -0.15) is 13.2 Å². The van der Waals surface area contributed by atoms with Crippen LogP contribution in [0.5, 0.6) is 0 Å². The zero-order chi connectivity index (χ0) is 14.8. The van der Waals surface area contributed by atoms with Gasteiger partial charge in [0.15, 0.2) is 0 Å². The Morgan fingerprint density at radius 1 is 1.29 bits per heavy atom. The highest BCUT2D eigenvalue weighted by molar-refractivity contribution is 5.85. The van der Waals surface area contributed by atoms with Crippen molar-refractivity contribution in [2.24, 2.45) is 5.73 Å². The Balaban J connectivity index is 0.00000220. The van der Waals surface area contributed by atoms with Crippen LogP contribution in [-0.2, 0) is 17.5 Å². The first-order valence-corrected chi connectivity index (χ1v) is 6.58. The van der Waals surface area contributed by atoms with Crippen molar-refractivity contribution < 1.29 is 18.0 Å². The predicted octanol–water partition coefficient (Wildman–Crippen LogP) is 2.97. The zero-order valence-corrected chi connectivity index (χ0v) is 12.2. The molecule has 0 aliphatic heterocycles. The largest absolute Gasteiger partial charge is 0.416 e. The van der Waals surface area contributed by atoms with Gasteiger partial charge in [-0.15, -0.1) is 12.4 Å². The van der Waals surface area contributed by atoms with Gasteiger partial charge < -0.3 is 10.6 Å². The second kappa shape index (κ2) is 7.13. The Kier molecular flexibility index (Phi) is 6.04. The van der Waals surface area contributed by atoms with Crippen LogP contribution in [0, 0.1) is 0 Å². The highest BCUT2D eigenvalue weighted by Gasteiger charge is 2.36. The van der Waals surface area contributed by atoms with E-state index in [0.717, 1.165) is 18.9 Å². The van der Waals surface area contributed by atoms with Gasteiger partial charge in [0, 0.05) is 25.6 Å². The number of rotatable bonds is 5. The fourth-order valence-electron chi connectivity index (χ4n) is 2.19. The first-order valence-electron chi connectivity index (χ1n) is 6.58. The summed E-state index contributed by atoms with van der Waals surface area (Å²) >= 11 is 0. The van der Waals surface area contributed by atoms with Gasteiger partial charge in [-0.25, -0.2) is 0 Å².